The number of ether oxygens (including phenoxy) is 5. The molecule has 11 heteroatoms. The maximum absolute atomic E-state index is 13.0. The van der Waals surface area contributed by atoms with E-state index in [9.17, 15) is 24.3 Å². The third kappa shape index (κ3) is 4.97. The normalized spacial score (nSPS) is 43.5. The summed E-state index contributed by atoms with van der Waals surface area (Å²) < 4.78 is 29.6. The van der Waals surface area contributed by atoms with Crippen molar-refractivity contribution in [2.45, 2.75) is 114 Å². The van der Waals surface area contributed by atoms with E-state index in [0.29, 0.717) is 24.8 Å². The maximum Gasteiger partial charge on any atom is 0.312 e. The summed E-state index contributed by atoms with van der Waals surface area (Å²) in [4.78, 5) is 50.8. The van der Waals surface area contributed by atoms with E-state index in [1.807, 2.05) is 13.8 Å². The lowest BCUT2D eigenvalue weighted by molar-refractivity contribution is -0.245. The highest BCUT2D eigenvalue weighted by Gasteiger charge is 2.75. The van der Waals surface area contributed by atoms with Crippen molar-refractivity contribution in [1.82, 2.24) is 0 Å². The second-order valence-corrected chi connectivity index (χ2v) is 12.1. The lowest BCUT2D eigenvalue weighted by atomic mass is 9.52. The summed E-state index contributed by atoms with van der Waals surface area (Å²) >= 11 is 6.80. The highest BCUT2D eigenvalue weighted by atomic mass is 35.5. The number of fused-ring (bicyclic) bond motifs is 3. The van der Waals surface area contributed by atoms with Gasteiger partial charge in [-0.15, -0.1) is 11.6 Å². The van der Waals surface area contributed by atoms with Crippen LogP contribution in [0.4, 0.5) is 0 Å². The molecule has 39 heavy (non-hydrogen) atoms. The Morgan fingerprint density at radius 2 is 1.74 bits per heavy atom. The third-order valence-electron chi connectivity index (χ3n) is 9.19. The van der Waals surface area contributed by atoms with Gasteiger partial charge in [-0.2, -0.15) is 0 Å². The quantitative estimate of drug-likeness (QED) is 0.172. The Morgan fingerprint density at radius 3 is 2.31 bits per heavy atom. The zero-order valence-electron chi connectivity index (χ0n) is 23.2. The minimum atomic E-state index is -2.09. The highest BCUT2D eigenvalue weighted by molar-refractivity contribution is 6.23. The zero-order valence-corrected chi connectivity index (χ0v) is 24.0. The first-order chi connectivity index (χ1) is 18.2. The molecule has 10 atom stereocenters. The Hall–Kier alpha value is -2.17. The first-order valence-electron chi connectivity index (χ1n) is 13.6. The van der Waals surface area contributed by atoms with Gasteiger partial charge in [0.25, 0.3) is 0 Å². The van der Waals surface area contributed by atoms with Crippen LogP contribution in [0.5, 0.6) is 0 Å². The fraction of sp³-hybridized carbons (Fsp3) is 0.786. The number of alkyl halides is 1. The van der Waals surface area contributed by atoms with E-state index in [4.69, 9.17) is 35.3 Å². The van der Waals surface area contributed by atoms with Crippen molar-refractivity contribution in [3.8, 4) is 0 Å². The number of esters is 4. The molecule has 10 nitrogen and oxygen atoms in total. The van der Waals surface area contributed by atoms with Gasteiger partial charge in [0.1, 0.15) is 18.3 Å². The van der Waals surface area contributed by atoms with Crippen LogP contribution in [0.15, 0.2) is 12.2 Å². The van der Waals surface area contributed by atoms with Crippen molar-refractivity contribution < 1.29 is 48.0 Å². The molecular weight excluding hydrogens is 532 g/mol. The lowest BCUT2D eigenvalue weighted by Crippen LogP contribution is -2.70. The van der Waals surface area contributed by atoms with Crippen LogP contribution in [-0.2, 0) is 42.9 Å². The van der Waals surface area contributed by atoms with E-state index in [-0.39, 0.29) is 25.9 Å². The van der Waals surface area contributed by atoms with Gasteiger partial charge in [-0.05, 0) is 39.0 Å². The number of carbonyl (C=O) groups is 4. The molecule has 0 unspecified atom stereocenters. The Balaban J connectivity index is 1.98. The van der Waals surface area contributed by atoms with Crippen molar-refractivity contribution >= 4 is 35.5 Å². The summed E-state index contributed by atoms with van der Waals surface area (Å²) in [6, 6.07) is 0. The van der Waals surface area contributed by atoms with Crippen molar-refractivity contribution in [3.05, 3.63) is 12.2 Å². The molecule has 2 saturated heterocycles. The van der Waals surface area contributed by atoms with E-state index in [1.165, 1.54) is 20.8 Å². The molecule has 0 aromatic carbocycles. The second-order valence-electron chi connectivity index (χ2n) is 11.7. The topological polar surface area (TPSA) is 138 Å². The van der Waals surface area contributed by atoms with Gasteiger partial charge in [0.05, 0.1) is 28.9 Å². The predicted molar refractivity (Wildman–Crippen MR) is 137 cm³/mol. The van der Waals surface area contributed by atoms with Gasteiger partial charge in [0, 0.05) is 26.2 Å². The van der Waals surface area contributed by atoms with Gasteiger partial charge in [-0.25, -0.2) is 0 Å². The fourth-order valence-corrected chi connectivity index (χ4v) is 7.44. The number of hydrogen-bond acceptors (Lipinski definition) is 10. The minimum Gasteiger partial charge on any atom is -0.462 e. The molecular formula is C28H39ClO10. The van der Waals surface area contributed by atoms with Gasteiger partial charge in [-0.1, -0.05) is 26.0 Å². The first-order valence-corrected chi connectivity index (χ1v) is 14.1. The van der Waals surface area contributed by atoms with Gasteiger partial charge in [0.15, 0.2) is 11.7 Å². The van der Waals surface area contributed by atoms with Crippen LogP contribution in [0.25, 0.3) is 0 Å². The largest absolute Gasteiger partial charge is 0.462 e. The SMILES string of the molecule is C=C1CC[C@H](OC(=O)CCC)[C@]2(C)[C@@H](OC(C)=O)CC[C@]3(CO3)[C@@H]2[C@H](OC(C)=O)[C@]2(O)[C@@H](C)C(=O)O[C@H]2[C@H]1Cl. The van der Waals surface area contributed by atoms with E-state index < -0.39 is 82.1 Å². The van der Waals surface area contributed by atoms with Gasteiger partial charge in [-0.3, -0.25) is 19.2 Å². The number of aliphatic hydroxyl groups is 1. The molecule has 4 fully saturated rings. The second kappa shape index (κ2) is 10.7. The molecule has 2 heterocycles. The number of halogens is 1. The van der Waals surface area contributed by atoms with Crippen molar-refractivity contribution in [2.75, 3.05) is 6.61 Å². The summed E-state index contributed by atoms with van der Waals surface area (Å²) in [7, 11) is 0. The zero-order chi connectivity index (χ0) is 28.9. The van der Waals surface area contributed by atoms with Crippen LogP contribution in [0, 0.1) is 17.3 Å². The summed E-state index contributed by atoms with van der Waals surface area (Å²) in [5.41, 5.74) is -3.71. The fourth-order valence-electron chi connectivity index (χ4n) is 7.08. The molecule has 4 rings (SSSR count). The van der Waals surface area contributed by atoms with Gasteiger partial charge >= 0.3 is 23.9 Å². The van der Waals surface area contributed by atoms with Crippen molar-refractivity contribution in [2.24, 2.45) is 17.3 Å². The van der Waals surface area contributed by atoms with Crippen LogP contribution in [0.3, 0.4) is 0 Å². The average molecular weight is 571 g/mol. The monoisotopic (exact) mass is 570 g/mol. The molecule has 1 N–H and O–H groups in total. The van der Waals surface area contributed by atoms with E-state index >= 15 is 0 Å². The molecule has 2 saturated carbocycles. The van der Waals surface area contributed by atoms with E-state index in [0.717, 1.165) is 0 Å². The maximum atomic E-state index is 13.0. The third-order valence-corrected chi connectivity index (χ3v) is 9.72. The molecule has 218 valence electrons. The van der Waals surface area contributed by atoms with E-state index in [1.54, 1.807) is 0 Å². The number of rotatable bonds is 5. The molecule has 1 spiro atoms. The Kier molecular flexibility index (Phi) is 8.15. The standard InChI is InChI=1S/C28H39ClO10/c1-7-8-20(32)38-18-10-9-14(2)21(29)23-28(34,15(3)25(33)39-23)24(37-17(5)31)22-26(18,6)19(36-16(4)30)11-12-27(22)13-35-27/h15,18-19,21-24,34H,2,7-13H2,1,3-6H3/t15-,18-,19-,21-,22+,23-,24-,26+,27-,28-/m0/s1. The number of epoxide rings is 1. The summed E-state index contributed by atoms with van der Waals surface area (Å²) in [5, 5.41) is 11.5. The molecule has 2 aliphatic heterocycles. The van der Waals surface area contributed by atoms with Crippen LogP contribution < -0.4 is 0 Å². The van der Waals surface area contributed by atoms with Gasteiger partial charge in [0.2, 0.25) is 0 Å². The summed E-state index contributed by atoms with van der Waals surface area (Å²) in [6.07, 6.45) is -2.17. The molecule has 2 aliphatic carbocycles. The first kappa shape index (κ1) is 29.8. The Morgan fingerprint density at radius 1 is 1.13 bits per heavy atom. The van der Waals surface area contributed by atoms with Crippen LogP contribution in [0.1, 0.15) is 73.1 Å². The van der Waals surface area contributed by atoms with Crippen LogP contribution in [-0.4, -0.2) is 76.6 Å². The molecule has 0 radical (unpaired) electrons. The predicted octanol–water partition coefficient (Wildman–Crippen LogP) is 3.00. The average Bonchev–Trinajstić information content (AvgIpc) is 3.58. The smallest absolute Gasteiger partial charge is 0.312 e. The molecule has 0 bridgehead atoms. The summed E-state index contributed by atoms with van der Waals surface area (Å²) in [5.74, 6) is -4.33. The number of hydrogen-bond donors (Lipinski definition) is 1. The number of carbonyl (C=O) groups excluding carboxylic acids is 4. The lowest BCUT2D eigenvalue weighted by Gasteiger charge is -2.57. The van der Waals surface area contributed by atoms with Crippen LogP contribution in [0.2, 0.25) is 0 Å². The molecule has 4 aliphatic rings. The van der Waals surface area contributed by atoms with Gasteiger partial charge < -0.3 is 28.8 Å². The summed E-state index contributed by atoms with van der Waals surface area (Å²) in [6.45, 7) is 12.1. The van der Waals surface area contributed by atoms with Crippen molar-refractivity contribution in [3.63, 3.8) is 0 Å². The molecule has 0 aromatic rings. The van der Waals surface area contributed by atoms with E-state index in [2.05, 4.69) is 6.58 Å². The Bertz CT molecular complexity index is 1040. The van der Waals surface area contributed by atoms with Crippen molar-refractivity contribution in [1.29, 1.82) is 0 Å². The Labute approximate surface area is 233 Å². The van der Waals surface area contributed by atoms with Crippen LogP contribution >= 0.6 is 11.6 Å². The highest BCUT2D eigenvalue weighted by Crippen LogP contribution is 2.62. The minimum absolute atomic E-state index is 0.176. The molecule has 0 aromatic heterocycles. The molecule has 0 amide bonds.